The van der Waals surface area contributed by atoms with Crippen molar-refractivity contribution in [3.8, 4) is 0 Å². The number of halogens is 6. The lowest BCUT2D eigenvalue weighted by molar-refractivity contribution is -0.143. The van der Waals surface area contributed by atoms with Crippen molar-refractivity contribution >= 4 is 5.97 Å². The summed E-state index contributed by atoms with van der Waals surface area (Å²) in [6.07, 6.45) is -9.23. The van der Waals surface area contributed by atoms with Gasteiger partial charge in [-0.3, -0.25) is 0 Å². The largest absolute Gasteiger partial charge is 0.466 e. The highest BCUT2D eigenvalue weighted by atomic mass is 19.4. The minimum absolute atomic E-state index is 0.0705. The second-order valence-electron chi connectivity index (χ2n) is 5.88. The summed E-state index contributed by atoms with van der Waals surface area (Å²) >= 11 is 0. The van der Waals surface area contributed by atoms with Crippen molar-refractivity contribution in [2.24, 2.45) is 0 Å². The van der Waals surface area contributed by atoms with Crippen molar-refractivity contribution in [2.75, 3.05) is 7.11 Å². The molecule has 0 radical (unpaired) electrons. The van der Waals surface area contributed by atoms with Crippen molar-refractivity contribution < 1.29 is 40.6 Å². The quantitative estimate of drug-likeness (QED) is 0.539. The van der Waals surface area contributed by atoms with Gasteiger partial charge in [-0.05, 0) is 49.6 Å². The molecule has 9 heteroatoms. The van der Waals surface area contributed by atoms with Crippen LogP contribution in [0.5, 0.6) is 0 Å². The maximum Gasteiger partial charge on any atom is 0.416 e. The fourth-order valence-corrected chi connectivity index (χ4v) is 2.65. The summed E-state index contributed by atoms with van der Waals surface area (Å²) in [5.41, 5.74) is -2.67. The molecule has 1 aromatic rings. The van der Waals surface area contributed by atoms with Crippen LogP contribution >= 0.6 is 0 Å². The Labute approximate surface area is 145 Å². The Morgan fingerprint density at radius 2 is 1.62 bits per heavy atom. The Hall–Kier alpha value is -2.03. The number of carbonyl (C=O) groups is 1. The van der Waals surface area contributed by atoms with Crippen LogP contribution in [0.4, 0.5) is 26.3 Å². The Bertz CT molecular complexity index is 673. The third-order valence-corrected chi connectivity index (χ3v) is 3.99. The zero-order chi connectivity index (χ0) is 19.7. The third-order valence-electron chi connectivity index (χ3n) is 3.99. The number of methoxy groups -OCH3 is 1. The lowest BCUT2D eigenvalue weighted by Gasteiger charge is -2.20. The van der Waals surface area contributed by atoms with Gasteiger partial charge in [0.15, 0.2) is 0 Å². The molecular weight excluding hydrogens is 366 g/mol. The maximum atomic E-state index is 12.9. The summed E-state index contributed by atoms with van der Waals surface area (Å²) in [4.78, 5) is 11.4. The van der Waals surface area contributed by atoms with Gasteiger partial charge >= 0.3 is 18.3 Å². The molecule has 144 valence electrons. The van der Waals surface area contributed by atoms with Crippen LogP contribution < -0.4 is 0 Å². The highest BCUT2D eigenvalue weighted by Crippen LogP contribution is 2.38. The van der Waals surface area contributed by atoms with Gasteiger partial charge in [-0.15, -0.1) is 0 Å². The minimum atomic E-state index is -4.92. The van der Waals surface area contributed by atoms with E-state index in [2.05, 4.69) is 4.74 Å². The fourth-order valence-electron chi connectivity index (χ4n) is 2.65. The Kier molecular flexibility index (Phi) is 5.70. The first kappa shape index (κ1) is 20.3. The van der Waals surface area contributed by atoms with E-state index in [9.17, 15) is 31.1 Å². The van der Waals surface area contributed by atoms with E-state index in [0.29, 0.717) is 30.5 Å². The second kappa shape index (κ2) is 7.30. The van der Waals surface area contributed by atoms with Crippen LogP contribution in [0.15, 0.2) is 29.8 Å². The van der Waals surface area contributed by atoms with E-state index in [1.807, 2.05) is 0 Å². The van der Waals surface area contributed by atoms with Crippen LogP contribution in [0, 0.1) is 0 Å². The predicted octanol–water partition coefficient (Wildman–Crippen LogP) is 5.06. The second-order valence-corrected chi connectivity index (χ2v) is 5.88. The van der Waals surface area contributed by atoms with Gasteiger partial charge in [-0.25, -0.2) is 4.79 Å². The van der Waals surface area contributed by atoms with Crippen LogP contribution in [-0.4, -0.2) is 19.2 Å². The van der Waals surface area contributed by atoms with Crippen molar-refractivity contribution in [1.82, 2.24) is 0 Å². The van der Waals surface area contributed by atoms with Gasteiger partial charge in [0.1, 0.15) is 0 Å². The van der Waals surface area contributed by atoms with Crippen molar-refractivity contribution in [1.29, 1.82) is 0 Å². The lowest BCUT2D eigenvalue weighted by atomic mass is 10.0. The molecule has 1 aromatic carbocycles. The lowest BCUT2D eigenvalue weighted by Crippen LogP contribution is -2.15. The Morgan fingerprint density at radius 1 is 1.08 bits per heavy atom. The summed E-state index contributed by atoms with van der Waals surface area (Å²) in [6, 6.07) is 1.35. The number of hydrogen-bond acceptors (Lipinski definition) is 3. The van der Waals surface area contributed by atoms with Crippen molar-refractivity contribution in [2.45, 2.75) is 44.3 Å². The van der Waals surface area contributed by atoms with E-state index < -0.39 is 41.7 Å². The van der Waals surface area contributed by atoms with Crippen molar-refractivity contribution in [3.05, 3.63) is 46.5 Å². The van der Waals surface area contributed by atoms with Gasteiger partial charge in [-0.1, -0.05) is 0 Å². The number of esters is 1. The first-order chi connectivity index (χ1) is 11.9. The fraction of sp³-hybridized carbons (Fsp3) is 0.471. The van der Waals surface area contributed by atoms with Gasteiger partial charge in [0.25, 0.3) is 0 Å². The Balaban J connectivity index is 2.27. The molecule has 0 aromatic heterocycles. The molecule has 26 heavy (non-hydrogen) atoms. The third kappa shape index (κ3) is 4.78. The summed E-state index contributed by atoms with van der Waals surface area (Å²) < 4.78 is 87.6. The normalized spacial score (nSPS) is 19.2. The molecule has 0 fully saturated rings. The van der Waals surface area contributed by atoms with E-state index in [4.69, 9.17) is 4.74 Å². The summed E-state index contributed by atoms with van der Waals surface area (Å²) in [7, 11) is 1.21. The molecule has 0 spiro atoms. The van der Waals surface area contributed by atoms with Gasteiger partial charge in [0.05, 0.1) is 30.4 Å². The van der Waals surface area contributed by atoms with E-state index in [0.717, 1.165) is 0 Å². The number of carbonyl (C=O) groups excluding carboxylic acids is 1. The molecule has 0 N–H and O–H groups in total. The summed E-state index contributed by atoms with van der Waals surface area (Å²) in [5, 5.41) is 0. The van der Waals surface area contributed by atoms with E-state index in [1.165, 1.54) is 20.1 Å². The molecule has 2 unspecified atom stereocenters. The standard InChI is InChI=1S/C17H16F6O3/c1-9(26-14-4-3-10(7-14)15(24)25-2)11-5-12(16(18,19)20)8-13(6-11)17(21,22)23/h5-9,14H,3-4H2,1-2H3. The maximum absolute atomic E-state index is 12.9. The van der Waals surface area contributed by atoms with E-state index in [1.54, 1.807) is 0 Å². The van der Waals surface area contributed by atoms with E-state index >= 15 is 0 Å². The molecule has 3 nitrogen and oxygen atoms in total. The van der Waals surface area contributed by atoms with Gasteiger partial charge in [-0.2, -0.15) is 26.3 Å². The molecule has 2 rings (SSSR count). The van der Waals surface area contributed by atoms with Crippen LogP contribution in [0.2, 0.25) is 0 Å². The van der Waals surface area contributed by atoms with Crippen molar-refractivity contribution in [3.63, 3.8) is 0 Å². The summed E-state index contributed by atoms with van der Waals surface area (Å²) in [5.74, 6) is -0.540. The summed E-state index contributed by atoms with van der Waals surface area (Å²) in [6.45, 7) is 1.36. The van der Waals surface area contributed by atoms with Crippen LogP contribution in [0.1, 0.15) is 42.6 Å². The predicted molar refractivity (Wildman–Crippen MR) is 79.1 cm³/mol. The number of hydrogen-bond donors (Lipinski definition) is 0. The zero-order valence-corrected chi connectivity index (χ0v) is 13.9. The topological polar surface area (TPSA) is 35.5 Å². The minimum Gasteiger partial charge on any atom is -0.466 e. The first-order valence-electron chi connectivity index (χ1n) is 7.65. The molecule has 0 amide bonds. The van der Waals surface area contributed by atoms with Crippen LogP contribution in [0.25, 0.3) is 0 Å². The van der Waals surface area contributed by atoms with Gasteiger partial charge < -0.3 is 9.47 Å². The molecule has 0 saturated heterocycles. The smallest absolute Gasteiger partial charge is 0.416 e. The molecule has 0 saturated carbocycles. The van der Waals surface area contributed by atoms with Gasteiger partial charge in [0.2, 0.25) is 0 Å². The zero-order valence-electron chi connectivity index (χ0n) is 13.9. The van der Waals surface area contributed by atoms with Gasteiger partial charge in [0, 0.05) is 5.57 Å². The first-order valence-corrected chi connectivity index (χ1v) is 7.65. The average Bonchev–Trinajstić information content (AvgIpc) is 3.00. The number of benzene rings is 1. The highest BCUT2D eigenvalue weighted by Gasteiger charge is 2.37. The molecular formula is C17H16F6O3. The SMILES string of the molecule is COC(=O)C1=CC(OC(C)c2cc(C(F)(F)F)cc(C(F)(F)F)c2)CC1. The molecule has 1 aliphatic carbocycles. The molecule has 1 aliphatic rings. The average molecular weight is 382 g/mol. The van der Waals surface area contributed by atoms with Crippen LogP contribution in [0.3, 0.4) is 0 Å². The number of rotatable bonds is 4. The van der Waals surface area contributed by atoms with E-state index in [-0.39, 0.29) is 11.6 Å². The van der Waals surface area contributed by atoms with Crippen LogP contribution in [-0.2, 0) is 26.6 Å². The molecule has 0 heterocycles. The Morgan fingerprint density at radius 3 is 2.08 bits per heavy atom. The molecule has 0 bridgehead atoms. The monoisotopic (exact) mass is 382 g/mol. The highest BCUT2D eigenvalue weighted by molar-refractivity contribution is 5.88. The number of ether oxygens (including phenoxy) is 2. The number of alkyl halides is 6. The molecule has 2 atom stereocenters. The molecule has 0 aliphatic heterocycles.